The van der Waals surface area contributed by atoms with E-state index >= 15 is 0 Å². The molecule has 1 aliphatic rings. The van der Waals surface area contributed by atoms with Crippen molar-refractivity contribution in [1.29, 1.82) is 0 Å². The predicted octanol–water partition coefficient (Wildman–Crippen LogP) is 3.72. The summed E-state index contributed by atoms with van der Waals surface area (Å²) in [6, 6.07) is 2.75. The van der Waals surface area contributed by atoms with Crippen molar-refractivity contribution in [2.45, 2.75) is 24.6 Å². The number of rotatable bonds is 4. The highest BCUT2D eigenvalue weighted by molar-refractivity contribution is 5.26. The van der Waals surface area contributed by atoms with E-state index in [1.165, 1.54) is 0 Å². The molecule has 1 heterocycles. The molecule has 0 amide bonds. The maximum Gasteiger partial charge on any atom is 0.418 e. The lowest BCUT2D eigenvalue weighted by Gasteiger charge is -2.21. The molecule has 0 N–H and O–H groups in total. The summed E-state index contributed by atoms with van der Waals surface area (Å²) in [6.45, 7) is 0.0861. The molecular formula is C12H10F6O2. The molecule has 112 valence electrons. The van der Waals surface area contributed by atoms with Gasteiger partial charge in [-0.3, -0.25) is 0 Å². The number of ether oxygens (including phenoxy) is 2. The molecule has 8 heteroatoms. The molecule has 1 aromatic rings. The first kappa shape index (κ1) is 15.1. The second-order valence-electron chi connectivity index (χ2n) is 4.33. The standard InChI is InChI=1S/C12H10F6O2/c13-11(14,15)8-3-1-7(2-4-8)10(12(16,17)18)20-6-9-5-19-9/h1-4,9-10H,5-6H2/t9-,10+/m0/s1. The van der Waals surface area contributed by atoms with E-state index in [-0.39, 0.29) is 18.3 Å². The van der Waals surface area contributed by atoms with Crippen LogP contribution < -0.4 is 0 Å². The smallest absolute Gasteiger partial charge is 0.371 e. The van der Waals surface area contributed by atoms with Crippen LogP contribution in [0.25, 0.3) is 0 Å². The summed E-state index contributed by atoms with van der Waals surface area (Å²) in [5.74, 6) is 0. The number of epoxide rings is 1. The normalized spacial score (nSPS) is 20.8. The minimum Gasteiger partial charge on any atom is -0.371 e. The predicted molar refractivity (Wildman–Crippen MR) is 55.9 cm³/mol. The summed E-state index contributed by atoms with van der Waals surface area (Å²) in [5, 5.41) is 0. The molecule has 20 heavy (non-hydrogen) atoms. The molecule has 1 saturated heterocycles. The van der Waals surface area contributed by atoms with E-state index in [0.717, 1.165) is 12.1 Å². The summed E-state index contributed by atoms with van der Waals surface area (Å²) in [6.07, 6.45) is -11.9. The first-order valence-corrected chi connectivity index (χ1v) is 5.65. The fourth-order valence-corrected chi connectivity index (χ4v) is 1.59. The average Bonchev–Trinajstić information content (AvgIpc) is 3.11. The molecule has 2 rings (SSSR count). The van der Waals surface area contributed by atoms with E-state index in [1.54, 1.807) is 0 Å². The Morgan fingerprint density at radius 2 is 1.65 bits per heavy atom. The second kappa shape index (κ2) is 5.25. The van der Waals surface area contributed by atoms with Gasteiger partial charge in [-0.1, -0.05) is 12.1 Å². The Labute approximate surface area is 110 Å². The molecule has 2 atom stereocenters. The monoisotopic (exact) mass is 300 g/mol. The van der Waals surface area contributed by atoms with Gasteiger partial charge in [-0.15, -0.1) is 0 Å². The van der Waals surface area contributed by atoms with Crippen molar-refractivity contribution in [2.75, 3.05) is 13.2 Å². The third-order valence-electron chi connectivity index (χ3n) is 2.69. The molecule has 0 saturated carbocycles. The first-order valence-electron chi connectivity index (χ1n) is 5.65. The molecule has 0 spiro atoms. The fourth-order valence-electron chi connectivity index (χ4n) is 1.59. The zero-order valence-electron chi connectivity index (χ0n) is 9.96. The van der Waals surface area contributed by atoms with Crippen molar-refractivity contribution < 1.29 is 35.8 Å². The van der Waals surface area contributed by atoms with Gasteiger partial charge in [0, 0.05) is 0 Å². The lowest BCUT2D eigenvalue weighted by atomic mass is 10.1. The summed E-state index contributed by atoms with van der Waals surface area (Å²) in [7, 11) is 0. The van der Waals surface area contributed by atoms with Crippen LogP contribution in [0.3, 0.4) is 0 Å². The van der Waals surface area contributed by atoms with E-state index in [1.807, 2.05) is 0 Å². The van der Waals surface area contributed by atoms with Gasteiger partial charge < -0.3 is 9.47 Å². The molecule has 0 bridgehead atoms. The number of benzene rings is 1. The Kier molecular flexibility index (Phi) is 3.97. The lowest BCUT2D eigenvalue weighted by Crippen LogP contribution is -2.25. The molecule has 0 aliphatic carbocycles. The van der Waals surface area contributed by atoms with Gasteiger partial charge in [-0.25, -0.2) is 0 Å². The van der Waals surface area contributed by atoms with Crippen LogP contribution in [-0.4, -0.2) is 25.5 Å². The number of halogens is 6. The zero-order valence-corrected chi connectivity index (χ0v) is 9.96. The van der Waals surface area contributed by atoms with Crippen molar-refractivity contribution in [3.8, 4) is 0 Å². The quantitative estimate of drug-likeness (QED) is 0.624. The van der Waals surface area contributed by atoms with Crippen molar-refractivity contribution in [2.24, 2.45) is 0 Å². The number of hydrogen-bond donors (Lipinski definition) is 0. The van der Waals surface area contributed by atoms with Crippen molar-refractivity contribution in [3.05, 3.63) is 35.4 Å². The molecule has 1 aliphatic heterocycles. The van der Waals surface area contributed by atoms with E-state index in [0.29, 0.717) is 18.7 Å². The third kappa shape index (κ3) is 3.86. The van der Waals surface area contributed by atoms with Gasteiger partial charge in [0.15, 0.2) is 6.10 Å². The highest BCUT2D eigenvalue weighted by Gasteiger charge is 2.43. The first-order chi connectivity index (χ1) is 9.18. The number of alkyl halides is 6. The van der Waals surface area contributed by atoms with Crippen LogP contribution in [0.5, 0.6) is 0 Å². The van der Waals surface area contributed by atoms with Crippen LogP contribution in [0, 0.1) is 0 Å². The van der Waals surface area contributed by atoms with E-state index in [4.69, 9.17) is 9.47 Å². The molecule has 1 aromatic carbocycles. The molecule has 2 nitrogen and oxygen atoms in total. The fraction of sp³-hybridized carbons (Fsp3) is 0.500. The Morgan fingerprint density at radius 1 is 1.10 bits per heavy atom. The Morgan fingerprint density at radius 3 is 2.05 bits per heavy atom. The largest absolute Gasteiger partial charge is 0.418 e. The van der Waals surface area contributed by atoms with Crippen LogP contribution in [0.2, 0.25) is 0 Å². The molecule has 0 radical (unpaired) electrons. The van der Waals surface area contributed by atoms with Crippen LogP contribution in [0.1, 0.15) is 17.2 Å². The molecular weight excluding hydrogens is 290 g/mol. The van der Waals surface area contributed by atoms with Crippen LogP contribution in [-0.2, 0) is 15.7 Å². The molecule has 0 aromatic heterocycles. The molecule has 1 fully saturated rings. The highest BCUT2D eigenvalue weighted by Crippen LogP contribution is 2.38. The lowest BCUT2D eigenvalue weighted by molar-refractivity contribution is -0.224. The summed E-state index contributed by atoms with van der Waals surface area (Å²) >= 11 is 0. The van der Waals surface area contributed by atoms with Gasteiger partial charge >= 0.3 is 12.4 Å². The van der Waals surface area contributed by atoms with Crippen molar-refractivity contribution >= 4 is 0 Å². The summed E-state index contributed by atoms with van der Waals surface area (Å²) in [5.41, 5.74) is -1.38. The zero-order chi connectivity index (χ0) is 15.0. The summed E-state index contributed by atoms with van der Waals surface area (Å²) in [4.78, 5) is 0. The van der Waals surface area contributed by atoms with Gasteiger partial charge in [0.25, 0.3) is 0 Å². The topological polar surface area (TPSA) is 21.8 Å². The molecule has 0 unspecified atom stereocenters. The Balaban J connectivity index is 2.15. The van der Waals surface area contributed by atoms with E-state index in [2.05, 4.69) is 0 Å². The summed E-state index contributed by atoms with van der Waals surface area (Å²) < 4.78 is 85.0. The SMILES string of the molecule is FC(F)(F)c1ccc([C@@H](OC[C@@H]2CO2)C(F)(F)F)cc1. The Bertz CT molecular complexity index is 447. The van der Waals surface area contributed by atoms with Crippen molar-refractivity contribution in [3.63, 3.8) is 0 Å². The maximum absolute atomic E-state index is 12.8. The van der Waals surface area contributed by atoms with Crippen LogP contribution in [0.4, 0.5) is 26.3 Å². The van der Waals surface area contributed by atoms with Gasteiger partial charge in [-0.2, -0.15) is 26.3 Å². The maximum atomic E-state index is 12.8. The number of hydrogen-bond acceptors (Lipinski definition) is 2. The van der Waals surface area contributed by atoms with E-state index in [9.17, 15) is 26.3 Å². The highest BCUT2D eigenvalue weighted by atomic mass is 19.4. The average molecular weight is 300 g/mol. The van der Waals surface area contributed by atoms with E-state index < -0.39 is 24.0 Å². The van der Waals surface area contributed by atoms with Gasteiger partial charge in [0.2, 0.25) is 0 Å². The van der Waals surface area contributed by atoms with Gasteiger partial charge in [-0.05, 0) is 17.7 Å². The van der Waals surface area contributed by atoms with Crippen LogP contribution in [0.15, 0.2) is 24.3 Å². The third-order valence-corrected chi connectivity index (χ3v) is 2.69. The van der Waals surface area contributed by atoms with Crippen LogP contribution >= 0.6 is 0 Å². The minimum atomic E-state index is -4.70. The minimum absolute atomic E-state index is 0.245. The second-order valence-corrected chi connectivity index (χ2v) is 4.33. The van der Waals surface area contributed by atoms with Crippen molar-refractivity contribution in [1.82, 2.24) is 0 Å². The van der Waals surface area contributed by atoms with Gasteiger partial charge in [0.05, 0.1) is 18.8 Å². The van der Waals surface area contributed by atoms with Gasteiger partial charge in [0.1, 0.15) is 6.10 Å². The Hall–Kier alpha value is -1.28.